The predicted octanol–water partition coefficient (Wildman–Crippen LogP) is 6.10. The van der Waals surface area contributed by atoms with Crippen molar-refractivity contribution in [2.45, 2.75) is 13.1 Å². The normalized spacial score (nSPS) is 11.1. The lowest BCUT2D eigenvalue weighted by Gasteiger charge is -2.11. The van der Waals surface area contributed by atoms with Crippen molar-refractivity contribution in [3.63, 3.8) is 0 Å². The molecule has 0 spiro atoms. The van der Waals surface area contributed by atoms with E-state index in [1.165, 1.54) is 23.0 Å². The van der Waals surface area contributed by atoms with Crippen molar-refractivity contribution >= 4 is 29.0 Å². The summed E-state index contributed by atoms with van der Waals surface area (Å²) in [6.45, 7) is 1.60. The first-order chi connectivity index (χ1) is 16.7. The molecule has 3 aromatic carbocycles. The van der Waals surface area contributed by atoms with Crippen LogP contribution >= 0.6 is 0 Å². The van der Waals surface area contributed by atoms with Gasteiger partial charge in [0.15, 0.2) is 0 Å². The summed E-state index contributed by atoms with van der Waals surface area (Å²) in [5, 5.41) is 12.2. The Morgan fingerprint density at radius 1 is 0.800 bits per heavy atom. The third-order valence-electron chi connectivity index (χ3n) is 5.10. The number of amides is 3. The molecular formula is C25H20F3N5O2. The fourth-order valence-electron chi connectivity index (χ4n) is 3.36. The van der Waals surface area contributed by atoms with E-state index >= 15 is 0 Å². The van der Waals surface area contributed by atoms with Crippen LogP contribution in [0.15, 0.2) is 85.1 Å². The number of rotatable bonds is 5. The number of carbonyl (C=O) groups is 2. The highest BCUT2D eigenvalue weighted by molar-refractivity contribution is 6.05. The first-order valence-electron chi connectivity index (χ1n) is 10.5. The van der Waals surface area contributed by atoms with Gasteiger partial charge >= 0.3 is 12.2 Å². The van der Waals surface area contributed by atoms with Gasteiger partial charge in [-0.1, -0.05) is 24.3 Å². The number of alkyl halides is 3. The van der Waals surface area contributed by atoms with Crippen molar-refractivity contribution < 1.29 is 22.8 Å². The summed E-state index contributed by atoms with van der Waals surface area (Å²) in [5.41, 5.74) is 1.63. The summed E-state index contributed by atoms with van der Waals surface area (Å²) in [6, 6.07) is 19.7. The van der Waals surface area contributed by atoms with Gasteiger partial charge in [-0.15, -0.1) is 0 Å². The number of halogens is 3. The second-order valence-electron chi connectivity index (χ2n) is 7.58. The molecule has 3 amide bonds. The van der Waals surface area contributed by atoms with E-state index in [1.807, 2.05) is 6.07 Å². The second kappa shape index (κ2) is 9.72. The van der Waals surface area contributed by atoms with E-state index in [0.29, 0.717) is 22.8 Å². The Balaban J connectivity index is 1.41. The molecule has 0 aliphatic carbocycles. The number of anilines is 3. The first-order valence-corrected chi connectivity index (χ1v) is 10.5. The maximum atomic E-state index is 13.0. The maximum absolute atomic E-state index is 13.0. The predicted molar refractivity (Wildman–Crippen MR) is 127 cm³/mol. The lowest BCUT2D eigenvalue weighted by atomic mass is 10.2. The third-order valence-corrected chi connectivity index (χ3v) is 5.10. The molecule has 10 heteroatoms. The third kappa shape index (κ3) is 5.67. The second-order valence-corrected chi connectivity index (χ2v) is 7.58. The fraction of sp³-hybridized carbons (Fsp3) is 0.0800. The van der Waals surface area contributed by atoms with Gasteiger partial charge in [0.05, 0.1) is 28.7 Å². The molecular weight excluding hydrogens is 459 g/mol. The zero-order valence-corrected chi connectivity index (χ0v) is 18.4. The van der Waals surface area contributed by atoms with E-state index in [9.17, 15) is 22.8 Å². The van der Waals surface area contributed by atoms with E-state index in [4.69, 9.17) is 0 Å². The van der Waals surface area contributed by atoms with Gasteiger partial charge in [-0.3, -0.25) is 4.79 Å². The monoisotopic (exact) mass is 479 g/mol. The quantitative estimate of drug-likeness (QED) is 0.323. The molecule has 4 aromatic rings. The van der Waals surface area contributed by atoms with Crippen LogP contribution in [0.1, 0.15) is 21.6 Å². The average Bonchev–Trinajstić information content (AvgIpc) is 3.22. The zero-order valence-electron chi connectivity index (χ0n) is 18.4. The minimum absolute atomic E-state index is 0.195. The summed E-state index contributed by atoms with van der Waals surface area (Å²) < 4.78 is 40.4. The Morgan fingerprint density at radius 3 is 2.03 bits per heavy atom. The molecule has 1 aromatic heterocycles. The van der Waals surface area contributed by atoms with Gasteiger partial charge in [0.25, 0.3) is 5.91 Å². The number of urea groups is 1. The van der Waals surface area contributed by atoms with E-state index < -0.39 is 23.7 Å². The molecule has 0 unspecified atom stereocenters. The molecule has 0 radical (unpaired) electrons. The van der Waals surface area contributed by atoms with Crippen molar-refractivity contribution in [1.82, 2.24) is 9.78 Å². The number of nitrogens with zero attached hydrogens (tertiary/aromatic N) is 2. The van der Waals surface area contributed by atoms with Crippen molar-refractivity contribution in [2.24, 2.45) is 0 Å². The van der Waals surface area contributed by atoms with Crippen molar-refractivity contribution in [3.05, 3.63) is 102 Å². The van der Waals surface area contributed by atoms with E-state index in [-0.39, 0.29) is 11.3 Å². The molecule has 178 valence electrons. The lowest BCUT2D eigenvalue weighted by molar-refractivity contribution is -0.137. The van der Waals surface area contributed by atoms with Crippen LogP contribution in [0.5, 0.6) is 0 Å². The molecule has 0 aliphatic heterocycles. The Bertz CT molecular complexity index is 1350. The van der Waals surface area contributed by atoms with Gasteiger partial charge < -0.3 is 16.0 Å². The summed E-state index contributed by atoms with van der Waals surface area (Å²) in [4.78, 5) is 24.8. The molecule has 1 heterocycles. The number of nitrogens with one attached hydrogen (secondary N) is 3. The number of hydrogen-bond acceptors (Lipinski definition) is 3. The molecule has 7 nitrogen and oxygen atoms in total. The Hall–Kier alpha value is -4.60. The largest absolute Gasteiger partial charge is 0.416 e. The number of benzene rings is 3. The minimum Gasteiger partial charge on any atom is -0.322 e. The highest BCUT2D eigenvalue weighted by atomic mass is 19.4. The molecule has 0 aliphatic rings. The number of aromatic nitrogens is 2. The van der Waals surface area contributed by atoms with E-state index in [2.05, 4.69) is 21.0 Å². The van der Waals surface area contributed by atoms with Crippen molar-refractivity contribution in [2.75, 3.05) is 16.0 Å². The smallest absolute Gasteiger partial charge is 0.322 e. The van der Waals surface area contributed by atoms with Gasteiger partial charge in [-0.2, -0.15) is 18.3 Å². The number of carbonyl (C=O) groups excluding carboxylic acids is 2. The molecule has 0 atom stereocenters. The summed E-state index contributed by atoms with van der Waals surface area (Å²) in [6.07, 6.45) is -3.19. The molecule has 0 saturated heterocycles. The van der Waals surface area contributed by atoms with Crippen LogP contribution in [0, 0.1) is 6.92 Å². The van der Waals surface area contributed by atoms with Gasteiger partial charge in [-0.05, 0) is 61.5 Å². The molecule has 0 fully saturated rings. The first kappa shape index (κ1) is 23.6. The summed E-state index contributed by atoms with van der Waals surface area (Å²) >= 11 is 0. The maximum Gasteiger partial charge on any atom is 0.416 e. The van der Waals surface area contributed by atoms with E-state index in [1.54, 1.807) is 55.5 Å². The number of para-hydroxylation sites is 1. The standard InChI is InChI=1S/C25H20F3N5O2/c1-16-22(15-29-33(16)21-9-5-6-17(14-21)25(26,27)28)23(34)30-19-10-12-20(13-11-19)32-24(35)31-18-7-3-2-4-8-18/h2-15H,1H3,(H,30,34)(H2,31,32,35). The SMILES string of the molecule is Cc1c(C(=O)Nc2ccc(NC(=O)Nc3ccccc3)cc2)cnn1-c1cccc(C(F)(F)F)c1. The van der Waals surface area contributed by atoms with Gasteiger partial charge in [0.1, 0.15) is 0 Å². The van der Waals surface area contributed by atoms with Gasteiger partial charge in [0.2, 0.25) is 0 Å². The van der Waals surface area contributed by atoms with E-state index in [0.717, 1.165) is 12.1 Å². The summed E-state index contributed by atoms with van der Waals surface area (Å²) in [5.74, 6) is -0.469. The van der Waals surface area contributed by atoms with Crippen LogP contribution in [0.3, 0.4) is 0 Å². The molecule has 0 saturated carbocycles. The summed E-state index contributed by atoms with van der Waals surface area (Å²) in [7, 11) is 0. The minimum atomic E-state index is -4.49. The van der Waals surface area contributed by atoms with Crippen LogP contribution in [-0.4, -0.2) is 21.7 Å². The number of hydrogen-bond donors (Lipinski definition) is 3. The van der Waals surface area contributed by atoms with Crippen LogP contribution in [0.4, 0.5) is 35.0 Å². The van der Waals surface area contributed by atoms with Crippen LogP contribution < -0.4 is 16.0 Å². The zero-order chi connectivity index (χ0) is 25.0. The fourth-order valence-corrected chi connectivity index (χ4v) is 3.36. The Morgan fingerprint density at radius 2 is 1.40 bits per heavy atom. The topological polar surface area (TPSA) is 88.1 Å². The highest BCUT2D eigenvalue weighted by Crippen LogP contribution is 2.30. The van der Waals surface area contributed by atoms with Crippen LogP contribution in [-0.2, 0) is 6.18 Å². The molecule has 35 heavy (non-hydrogen) atoms. The van der Waals surface area contributed by atoms with Crippen LogP contribution in [0.2, 0.25) is 0 Å². The lowest BCUT2D eigenvalue weighted by Crippen LogP contribution is -2.19. The van der Waals surface area contributed by atoms with Gasteiger partial charge in [0, 0.05) is 17.1 Å². The Kier molecular flexibility index (Phi) is 6.54. The van der Waals surface area contributed by atoms with Gasteiger partial charge in [-0.25, -0.2) is 9.48 Å². The average molecular weight is 479 g/mol. The Labute approximate surface area is 198 Å². The molecule has 4 rings (SSSR count). The molecule has 0 bridgehead atoms. The van der Waals surface area contributed by atoms with Crippen molar-refractivity contribution in [3.8, 4) is 5.69 Å². The highest BCUT2D eigenvalue weighted by Gasteiger charge is 2.30. The van der Waals surface area contributed by atoms with Crippen LogP contribution in [0.25, 0.3) is 5.69 Å². The van der Waals surface area contributed by atoms with Crippen molar-refractivity contribution in [1.29, 1.82) is 0 Å². The molecule has 3 N–H and O–H groups in total.